The van der Waals surface area contributed by atoms with E-state index in [1.807, 2.05) is 19.2 Å². The second-order valence-electron chi connectivity index (χ2n) is 6.75. The molecule has 0 saturated carbocycles. The molecule has 24 heavy (non-hydrogen) atoms. The lowest BCUT2D eigenvalue weighted by Crippen LogP contribution is -2.38. The van der Waals surface area contributed by atoms with E-state index in [1.54, 1.807) is 13.2 Å². The van der Waals surface area contributed by atoms with Gasteiger partial charge in [0.1, 0.15) is 5.76 Å². The molecular formula is C18H25BrN4O. The lowest BCUT2D eigenvalue weighted by Gasteiger charge is -2.21. The molecule has 2 aromatic rings. The van der Waals surface area contributed by atoms with Crippen LogP contribution in [0.2, 0.25) is 0 Å². The number of nitrogens with one attached hydrogen (secondary N) is 1. The summed E-state index contributed by atoms with van der Waals surface area (Å²) in [6, 6.07) is 8.27. The van der Waals surface area contributed by atoms with Gasteiger partial charge in [-0.2, -0.15) is 0 Å². The van der Waals surface area contributed by atoms with E-state index in [2.05, 4.69) is 69.0 Å². The molecule has 0 fully saturated rings. The fourth-order valence-corrected chi connectivity index (χ4v) is 2.48. The molecule has 0 atom stereocenters. The second-order valence-corrected chi connectivity index (χ2v) is 7.67. The Morgan fingerprint density at radius 3 is 2.50 bits per heavy atom. The van der Waals surface area contributed by atoms with Gasteiger partial charge in [0.2, 0.25) is 5.89 Å². The van der Waals surface area contributed by atoms with Gasteiger partial charge in [0.05, 0.1) is 12.7 Å². The molecule has 0 spiro atoms. The summed E-state index contributed by atoms with van der Waals surface area (Å²) in [6.45, 7) is 7.60. The Hall–Kier alpha value is -1.82. The monoisotopic (exact) mass is 392 g/mol. The van der Waals surface area contributed by atoms with Gasteiger partial charge in [-0.1, -0.05) is 48.8 Å². The Balaban J connectivity index is 1.94. The number of oxazole rings is 1. The van der Waals surface area contributed by atoms with Gasteiger partial charge in [-0.15, -0.1) is 0 Å². The van der Waals surface area contributed by atoms with Crippen LogP contribution in [-0.2, 0) is 18.5 Å². The lowest BCUT2D eigenvalue weighted by atomic mass is 9.94. The molecule has 130 valence electrons. The van der Waals surface area contributed by atoms with Crippen LogP contribution >= 0.6 is 15.9 Å². The molecular weight excluding hydrogens is 368 g/mol. The Bertz CT molecular complexity index is 686. The number of aromatic nitrogens is 1. The molecule has 1 heterocycles. The minimum absolute atomic E-state index is 0.0364. The summed E-state index contributed by atoms with van der Waals surface area (Å²) in [6.07, 6.45) is 1.80. The third kappa shape index (κ3) is 5.09. The maximum Gasteiger partial charge on any atom is 0.213 e. The molecule has 5 nitrogen and oxygen atoms in total. The molecule has 0 aliphatic carbocycles. The van der Waals surface area contributed by atoms with Crippen molar-refractivity contribution in [3.63, 3.8) is 0 Å². The molecule has 0 unspecified atom stereocenters. The fraction of sp³-hybridized carbons (Fsp3) is 0.444. The fourth-order valence-electron chi connectivity index (χ4n) is 2.22. The summed E-state index contributed by atoms with van der Waals surface area (Å²) < 4.78 is 6.88. The van der Waals surface area contributed by atoms with Gasteiger partial charge in [0.15, 0.2) is 5.96 Å². The number of hydrogen-bond acceptors (Lipinski definition) is 3. The average Bonchev–Trinajstić information content (AvgIpc) is 2.99. The molecule has 1 aromatic heterocycles. The normalized spacial score (nSPS) is 12.3. The Morgan fingerprint density at radius 2 is 1.96 bits per heavy atom. The van der Waals surface area contributed by atoms with E-state index >= 15 is 0 Å². The second kappa shape index (κ2) is 7.83. The van der Waals surface area contributed by atoms with Gasteiger partial charge in [0, 0.05) is 30.5 Å². The van der Waals surface area contributed by atoms with Crippen LogP contribution in [0.3, 0.4) is 0 Å². The van der Waals surface area contributed by atoms with Crippen molar-refractivity contribution in [1.82, 2.24) is 15.2 Å². The molecule has 0 saturated heterocycles. The van der Waals surface area contributed by atoms with E-state index in [0.717, 1.165) is 22.7 Å². The molecule has 2 rings (SSSR count). The zero-order valence-electron chi connectivity index (χ0n) is 14.9. The number of benzene rings is 1. The molecule has 1 N–H and O–H groups in total. The van der Waals surface area contributed by atoms with Crippen molar-refractivity contribution in [3.8, 4) is 0 Å². The van der Waals surface area contributed by atoms with Crippen molar-refractivity contribution in [2.75, 3.05) is 14.1 Å². The van der Waals surface area contributed by atoms with Crippen LogP contribution in [0.4, 0.5) is 0 Å². The Kier molecular flexibility index (Phi) is 6.04. The summed E-state index contributed by atoms with van der Waals surface area (Å²) in [5, 5.41) is 3.29. The average molecular weight is 393 g/mol. The lowest BCUT2D eigenvalue weighted by molar-refractivity contribution is 0.376. The van der Waals surface area contributed by atoms with Gasteiger partial charge >= 0.3 is 0 Å². The minimum Gasteiger partial charge on any atom is -0.443 e. The van der Waals surface area contributed by atoms with Gasteiger partial charge in [-0.3, -0.25) is 4.99 Å². The number of rotatable bonds is 4. The molecule has 0 radical (unpaired) electrons. The van der Waals surface area contributed by atoms with Crippen molar-refractivity contribution in [3.05, 3.63) is 52.1 Å². The third-order valence-electron chi connectivity index (χ3n) is 3.60. The van der Waals surface area contributed by atoms with E-state index in [1.165, 1.54) is 5.56 Å². The van der Waals surface area contributed by atoms with Crippen molar-refractivity contribution in [2.45, 2.75) is 39.3 Å². The van der Waals surface area contributed by atoms with Crippen LogP contribution in [-0.4, -0.2) is 29.9 Å². The maximum atomic E-state index is 5.80. The summed E-state index contributed by atoms with van der Waals surface area (Å²) in [5.74, 6) is 2.35. The van der Waals surface area contributed by atoms with Gasteiger partial charge in [-0.05, 0) is 17.7 Å². The molecule has 1 aromatic carbocycles. The first kappa shape index (κ1) is 18.5. The van der Waals surface area contributed by atoms with Gasteiger partial charge in [-0.25, -0.2) is 4.98 Å². The van der Waals surface area contributed by atoms with Crippen molar-refractivity contribution in [1.29, 1.82) is 0 Å². The van der Waals surface area contributed by atoms with Crippen LogP contribution in [0.5, 0.6) is 0 Å². The van der Waals surface area contributed by atoms with Crippen LogP contribution in [0, 0.1) is 0 Å². The van der Waals surface area contributed by atoms with Crippen molar-refractivity contribution < 1.29 is 4.42 Å². The van der Waals surface area contributed by atoms with Crippen LogP contribution in [0.15, 0.2) is 44.3 Å². The van der Waals surface area contributed by atoms with Crippen molar-refractivity contribution >= 4 is 21.9 Å². The number of aliphatic imine (C=N–C) groups is 1. The SMILES string of the molecule is CN=C(NCc1ncc(C(C)(C)C)o1)N(C)Cc1ccc(Br)cc1. The first-order valence-corrected chi connectivity index (χ1v) is 8.70. The first-order chi connectivity index (χ1) is 11.3. The van der Waals surface area contributed by atoms with E-state index in [4.69, 9.17) is 4.42 Å². The summed E-state index contributed by atoms with van der Waals surface area (Å²) in [4.78, 5) is 10.7. The van der Waals surface area contributed by atoms with Crippen molar-refractivity contribution in [2.24, 2.45) is 4.99 Å². The van der Waals surface area contributed by atoms with E-state index < -0.39 is 0 Å². The van der Waals surface area contributed by atoms with Crippen LogP contribution in [0.1, 0.15) is 38.0 Å². The van der Waals surface area contributed by atoms with E-state index in [-0.39, 0.29) is 5.41 Å². The standard InChI is InChI=1S/C18H25BrN4O/c1-18(2,3)15-10-21-16(24-15)11-22-17(20-4)23(5)12-13-6-8-14(19)9-7-13/h6-10H,11-12H2,1-5H3,(H,20,22). The van der Waals surface area contributed by atoms with Gasteiger partial charge in [0.25, 0.3) is 0 Å². The predicted molar refractivity (Wildman–Crippen MR) is 101 cm³/mol. The maximum absolute atomic E-state index is 5.80. The molecule has 0 bridgehead atoms. The van der Waals surface area contributed by atoms with E-state index in [0.29, 0.717) is 12.4 Å². The minimum atomic E-state index is -0.0364. The number of nitrogens with zero attached hydrogens (tertiary/aromatic N) is 3. The smallest absolute Gasteiger partial charge is 0.213 e. The predicted octanol–water partition coefficient (Wildman–Crippen LogP) is 3.94. The quantitative estimate of drug-likeness (QED) is 0.632. The largest absolute Gasteiger partial charge is 0.443 e. The highest BCUT2D eigenvalue weighted by Gasteiger charge is 2.19. The topological polar surface area (TPSA) is 53.7 Å². The summed E-state index contributed by atoms with van der Waals surface area (Å²) >= 11 is 3.45. The van der Waals surface area contributed by atoms with Crippen LogP contribution in [0.25, 0.3) is 0 Å². The number of halogens is 1. The summed E-state index contributed by atoms with van der Waals surface area (Å²) in [5.41, 5.74) is 1.18. The molecule has 0 aliphatic rings. The Labute approximate surface area is 152 Å². The molecule has 0 amide bonds. The Morgan fingerprint density at radius 1 is 1.29 bits per heavy atom. The van der Waals surface area contributed by atoms with Gasteiger partial charge < -0.3 is 14.6 Å². The zero-order chi connectivity index (χ0) is 17.7. The number of hydrogen-bond donors (Lipinski definition) is 1. The highest BCUT2D eigenvalue weighted by molar-refractivity contribution is 9.10. The summed E-state index contributed by atoms with van der Waals surface area (Å²) in [7, 11) is 3.78. The van der Waals surface area contributed by atoms with E-state index in [9.17, 15) is 0 Å². The highest BCUT2D eigenvalue weighted by atomic mass is 79.9. The third-order valence-corrected chi connectivity index (χ3v) is 4.13. The van der Waals surface area contributed by atoms with Crippen LogP contribution < -0.4 is 5.32 Å². The zero-order valence-corrected chi connectivity index (χ0v) is 16.5. The highest BCUT2D eigenvalue weighted by Crippen LogP contribution is 2.22. The molecule has 6 heteroatoms. The number of guanidine groups is 1. The first-order valence-electron chi connectivity index (χ1n) is 7.91. The molecule has 0 aliphatic heterocycles.